The third-order valence-electron chi connectivity index (χ3n) is 5.77. The lowest BCUT2D eigenvalue weighted by molar-refractivity contribution is 0.276. The van der Waals surface area contributed by atoms with Crippen molar-refractivity contribution >= 4 is 10.0 Å². The summed E-state index contributed by atoms with van der Waals surface area (Å²) in [6.07, 6.45) is 0.838. The van der Waals surface area contributed by atoms with Gasteiger partial charge in [0.2, 0.25) is 10.0 Å². The molecule has 1 heterocycles. The van der Waals surface area contributed by atoms with E-state index in [-0.39, 0.29) is 6.04 Å². The van der Waals surface area contributed by atoms with Crippen LogP contribution in [0.25, 0.3) is 0 Å². The molecule has 1 atom stereocenters. The third-order valence-corrected chi connectivity index (χ3v) is 7.82. The molecule has 3 aromatic carbocycles. The van der Waals surface area contributed by atoms with Gasteiger partial charge in [-0.15, -0.1) is 0 Å². The van der Waals surface area contributed by atoms with Crippen LogP contribution in [-0.4, -0.2) is 36.8 Å². The summed E-state index contributed by atoms with van der Waals surface area (Å²) in [4.78, 5) is 2.76. The number of rotatable bonds is 7. The van der Waals surface area contributed by atoms with Crippen molar-refractivity contribution in [1.82, 2.24) is 9.21 Å². The molecule has 1 fully saturated rings. The summed E-state index contributed by atoms with van der Waals surface area (Å²) in [5, 5.41) is 0. The second-order valence-electron chi connectivity index (χ2n) is 7.96. The van der Waals surface area contributed by atoms with E-state index >= 15 is 0 Å². The Bertz CT molecular complexity index is 1070. The van der Waals surface area contributed by atoms with Gasteiger partial charge in [-0.2, -0.15) is 4.31 Å². The lowest BCUT2D eigenvalue weighted by atomic mass is 10.2. The number of aryl methyl sites for hydroxylation is 1. The summed E-state index contributed by atoms with van der Waals surface area (Å²) in [6.45, 7) is 4.74. The molecular weight excluding hydrogens is 392 g/mol. The maximum absolute atomic E-state index is 13.7. The Hall–Kier alpha value is -2.47. The standard InChI is InChI=1S/C25H28N2O2S/c1-21-10-8-9-15-25(21)30(28,29)27(19-23-13-6-3-7-14-23)24-16-17-26(20-24)18-22-11-4-2-5-12-22/h2-15,24H,16-20H2,1H3. The van der Waals surface area contributed by atoms with Crippen molar-refractivity contribution in [2.24, 2.45) is 0 Å². The van der Waals surface area contributed by atoms with Gasteiger partial charge in [0, 0.05) is 32.2 Å². The summed E-state index contributed by atoms with van der Waals surface area (Å²) >= 11 is 0. The number of nitrogens with zero attached hydrogens (tertiary/aromatic N) is 2. The smallest absolute Gasteiger partial charge is 0.243 e. The van der Waals surface area contributed by atoms with Crippen LogP contribution in [0.1, 0.15) is 23.1 Å². The monoisotopic (exact) mass is 420 g/mol. The van der Waals surface area contributed by atoms with E-state index in [4.69, 9.17) is 0 Å². The Morgan fingerprint density at radius 2 is 1.47 bits per heavy atom. The van der Waals surface area contributed by atoms with Gasteiger partial charge in [-0.1, -0.05) is 78.9 Å². The minimum absolute atomic E-state index is 0.0430. The normalized spacial score (nSPS) is 17.5. The maximum atomic E-state index is 13.7. The molecule has 0 aromatic heterocycles. The van der Waals surface area contributed by atoms with Crippen LogP contribution in [0.3, 0.4) is 0 Å². The summed E-state index contributed by atoms with van der Waals surface area (Å²) in [6, 6.07) is 27.5. The zero-order chi connectivity index (χ0) is 21.0. The van der Waals surface area contributed by atoms with Gasteiger partial charge >= 0.3 is 0 Å². The van der Waals surface area contributed by atoms with Crippen LogP contribution in [0.15, 0.2) is 89.8 Å². The minimum Gasteiger partial charge on any atom is -0.297 e. The highest BCUT2D eigenvalue weighted by atomic mass is 32.2. The minimum atomic E-state index is -3.60. The summed E-state index contributed by atoms with van der Waals surface area (Å²) in [5.74, 6) is 0. The lowest BCUT2D eigenvalue weighted by Gasteiger charge is -2.29. The van der Waals surface area contributed by atoms with E-state index in [1.54, 1.807) is 16.4 Å². The summed E-state index contributed by atoms with van der Waals surface area (Å²) < 4.78 is 29.2. The van der Waals surface area contributed by atoms with E-state index in [1.165, 1.54) is 5.56 Å². The third kappa shape index (κ3) is 4.64. The van der Waals surface area contributed by atoms with E-state index in [1.807, 2.05) is 67.6 Å². The Morgan fingerprint density at radius 3 is 2.13 bits per heavy atom. The number of likely N-dealkylation sites (tertiary alicyclic amines) is 1. The van der Waals surface area contributed by atoms with Gasteiger partial charge in [0.25, 0.3) is 0 Å². The molecule has 0 spiro atoms. The predicted octanol–water partition coefficient (Wildman–Crippen LogP) is 4.46. The van der Waals surface area contributed by atoms with E-state index in [9.17, 15) is 8.42 Å². The highest BCUT2D eigenvalue weighted by Crippen LogP contribution is 2.28. The molecule has 0 bridgehead atoms. The largest absolute Gasteiger partial charge is 0.297 e. The average molecular weight is 421 g/mol. The molecule has 0 N–H and O–H groups in total. The molecule has 1 aliphatic rings. The number of hydrogen-bond acceptors (Lipinski definition) is 3. The van der Waals surface area contributed by atoms with Crippen LogP contribution in [0.4, 0.5) is 0 Å². The first kappa shape index (κ1) is 20.8. The Kier molecular flexibility index (Phi) is 6.32. The molecule has 1 aliphatic heterocycles. The molecule has 30 heavy (non-hydrogen) atoms. The van der Waals surface area contributed by atoms with Gasteiger partial charge in [-0.05, 0) is 36.1 Å². The van der Waals surface area contributed by atoms with Crippen LogP contribution < -0.4 is 0 Å². The van der Waals surface area contributed by atoms with Crippen LogP contribution in [0.5, 0.6) is 0 Å². The average Bonchev–Trinajstić information content (AvgIpc) is 3.21. The molecular formula is C25H28N2O2S. The molecule has 3 aromatic rings. The Morgan fingerprint density at radius 1 is 0.867 bits per heavy atom. The topological polar surface area (TPSA) is 40.6 Å². The molecule has 0 aliphatic carbocycles. The van der Waals surface area contributed by atoms with Gasteiger partial charge < -0.3 is 0 Å². The van der Waals surface area contributed by atoms with Crippen molar-refractivity contribution in [3.8, 4) is 0 Å². The highest BCUT2D eigenvalue weighted by molar-refractivity contribution is 7.89. The van der Waals surface area contributed by atoms with E-state index < -0.39 is 10.0 Å². The fraction of sp³-hybridized carbons (Fsp3) is 0.280. The molecule has 0 saturated carbocycles. The van der Waals surface area contributed by atoms with Crippen LogP contribution >= 0.6 is 0 Å². The van der Waals surface area contributed by atoms with Crippen LogP contribution in [0, 0.1) is 6.92 Å². The van der Waals surface area contributed by atoms with Gasteiger partial charge in [-0.3, -0.25) is 4.90 Å². The molecule has 4 rings (SSSR count). The molecule has 1 saturated heterocycles. The zero-order valence-corrected chi connectivity index (χ0v) is 18.1. The molecule has 0 radical (unpaired) electrons. The van der Waals surface area contributed by atoms with E-state index in [0.717, 1.165) is 37.2 Å². The van der Waals surface area contributed by atoms with Crippen LogP contribution in [-0.2, 0) is 23.1 Å². The fourth-order valence-electron chi connectivity index (χ4n) is 4.18. The van der Waals surface area contributed by atoms with Crippen molar-refractivity contribution in [2.75, 3.05) is 13.1 Å². The van der Waals surface area contributed by atoms with E-state index in [2.05, 4.69) is 17.0 Å². The first-order valence-electron chi connectivity index (χ1n) is 10.4. The quantitative estimate of drug-likeness (QED) is 0.567. The van der Waals surface area contributed by atoms with Crippen molar-refractivity contribution in [3.63, 3.8) is 0 Å². The number of benzene rings is 3. The van der Waals surface area contributed by atoms with Crippen molar-refractivity contribution in [2.45, 2.75) is 37.4 Å². The van der Waals surface area contributed by atoms with E-state index in [0.29, 0.717) is 11.4 Å². The Labute approximate surface area is 179 Å². The summed E-state index contributed by atoms with van der Waals surface area (Å²) in [5.41, 5.74) is 3.06. The number of hydrogen-bond donors (Lipinski definition) is 0. The van der Waals surface area contributed by atoms with Crippen LogP contribution in [0.2, 0.25) is 0 Å². The Balaban J connectivity index is 1.60. The van der Waals surface area contributed by atoms with Crippen molar-refractivity contribution in [1.29, 1.82) is 0 Å². The maximum Gasteiger partial charge on any atom is 0.243 e. The first-order chi connectivity index (χ1) is 14.5. The second kappa shape index (κ2) is 9.13. The van der Waals surface area contributed by atoms with Crippen molar-refractivity contribution in [3.05, 3.63) is 102 Å². The highest BCUT2D eigenvalue weighted by Gasteiger charge is 2.36. The molecule has 0 amide bonds. The summed E-state index contributed by atoms with van der Waals surface area (Å²) in [7, 11) is -3.60. The SMILES string of the molecule is Cc1ccccc1S(=O)(=O)N(Cc1ccccc1)C1CCN(Cc2ccccc2)C1. The lowest BCUT2D eigenvalue weighted by Crippen LogP contribution is -2.41. The predicted molar refractivity (Wildman–Crippen MR) is 120 cm³/mol. The fourth-order valence-corrected chi connectivity index (χ4v) is 6.04. The second-order valence-corrected chi connectivity index (χ2v) is 9.82. The van der Waals surface area contributed by atoms with Gasteiger partial charge in [0.05, 0.1) is 4.90 Å². The van der Waals surface area contributed by atoms with Gasteiger partial charge in [-0.25, -0.2) is 8.42 Å². The van der Waals surface area contributed by atoms with Gasteiger partial charge in [0.15, 0.2) is 0 Å². The van der Waals surface area contributed by atoms with Gasteiger partial charge in [0.1, 0.15) is 0 Å². The molecule has 4 nitrogen and oxygen atoms in total. The molecule has 1 unspecified atom stereocenters. The number of sulfonamides is 1. The zero-order valence-electron chi connectivity index (χ0n) is 17.3. The molecule has 5 heteroatoms. The van der Waals surface area contributed by atoms with Crippen molar-refractivity contribution < 1.29 is 8.42 Å². The first-order valence-corrected chi connectivity index (χ1v) is 11.9. The molecule has 156 valence electrons.